The van der Waals surface area contributed by atoms with Crippen molar-refractivity contribution in [1.82, 2.24) is 10.8 Å². The molecule has 44 heavy (non-hydrogen) atoms. The number of carbonyl (C=O) groups is 3. The lowest BCUT2D eigenvalue weighted by molar-refractivity contribution is -0.159. The smallest absolute Gasteiger partial charge is 0.407 e. The number of rotatable bonds is 10. The monoisotopic (exact) mass is 598 g/mol. The summed E-state index contributed by atoms with van der Waals surface area (Å²) in [7, 11) is 0. The Kier molecular flexibility index (Phi) is 8.94. The Hall–Kier alpha value is -4.79. The third-order valence-electron chi connectivity index (χ3n) is 7.38. The van der Waals surface area contributed by atoms with Gasteiger partial charge in [-0.05, 0) is 87.1 Å². The summed E-state index contributed by atoms with van der Waals surface area (Å²) in [5.74, 6) is -0.207. The van der Waals surface area contributed by atoms with Crippen molar-refractivity contribution in [3.63, 3.8) is 0 Å². The number of ether oxygens (including phenoxy) is 2. The number of alkyl carbamates (subject to hydrolysis) is 1. The molecule has 4 aromatic rings. The van der Waals surface area contributed by atoms with Crippen molar-refractivity contribution in [1.29, 1.82) is 0 Å². The van der Waals surface area contributed by atoms with Gasteiger partial charge >= 0.3 is 12.1 Å². The lowest BCUT2D eigenvalue weighted by atomic mass is 9.94. The first kappa shape index (κ1) is 30.7. The fraction of sp³-hybridized carbons (Fsp3) is 0.343. The zero-order valence-electron chi connectivity index (χ0n) is 25.5. The van der Waals surface area contributed by atoms with Gasteiger partial charge in [0.15, 0.2) is 0 Å². The van der Waals surface area contributed by atoms with Crippen LogP contribution in [0.15, 0.2) is 77.4 Å². The van der Waals surface area contributed by atoms with Crippen LogP contribution in [0.4, 0.5) is 4.79 Å². The van der Waals surface area contributed by atoms with Crippen molar-refractivity contribution < 1.29 is 33.1 Å². The maximum absolute atomic E-state index is 13.1. The average Bonchev–Trinajstić information content (AvgIpc) is 3.67. The van der Waals surface area contributed by atoms with Crippen molar-refractivity contribution in [2.45, 2.75) is 77.5 Å². The number of para-hydroxylation sites is 1. The van der Waals surface area contributed by atoms with Gasteiger partial charge in [0.05, 0.1) is 11.7 Å². The summed E-state index contributed by atoms with van der Waals surface area (Å²) in [6.45, 7) is 7.92. The third kappa shape index (κ3) is 7.22. The molecule has 0 saturated heterocycles. The first-order valence-corrected chi connectivity index (χ1v) is 14.9. The summed E-state index contributed by atoms with van der Waals surface area (Å²) < 4.78 is 17.5. The van der Waals surface area contributed by atoms with Gasteiger partial charge in [-0.3, -0.25) is 4.79 Å². The van der Waals surface area contributed by atoms with Crippen molar-refractivity contribution in [3.05, 3.63) is 89.7 Å². The summed E-state index contributed by atoms with van der Waals surface area (Å²) >= 11 is 0. The van der Waals surface area contributed by atoms with Crippen molar-refractivity contribution in [2.75, 3.05) is 0 Å². The fourth-order valence-corrected chi connectivity index (χ4v) is 5.13. The number of hydrogen-bond acceptors (Lipinski definition) is 7. The highest BCUT2D eigenvalue weighted by Gasteiger charge is 2.53. The van der Waals surface area contributed by atoms with Gasteiger partial charge in [-0.15, -0.1) is 0 Å². The molecular weight excluding hydrogens is 560 g/mol. The Bertz CT molecular complexity index is 1660. The summed E-state index contributed by atoms with van der Waals surface area (Å²) in [4.78, 5) is 42.0. The Morgan fingerprint density at radius 2 is 1.75 bits per heavy atom. The van der Waals surface area contributed by atoms with E-state index in [4.69, 9.17) is 18.7 Å². The number of hydroxylamine groups is 1. The molecule has 1 saturated carbocycles. The van der Waals surface area contributed by atoms with Crippen LogP contribution < -0.4 is 15.5 Å². The zero-order chi connectivity index (χ0) is 31.3. The Morgan fingerprint density at radius 3 is 2.50 bits per heavy atom. The van der Waals surface area contributed by atoms with E-state index in [1.54, 1.807) is 6.26 Å². The van der Waals surface area contributed by atoms with Gasteiger partial charge < -0.3 is 24.0 Å². The van der Waals surface area contributed by atoms with Crippen molar-refractivity contribution in [2.24, 2.45) is 0 Å². The van der Waals surface area contributed by atoms with E-state index in [-0.39, 0.29) is 18.9 Å². The second kappa shape index (κ2) is 12.8. The maximum Gasteiger partial charge on any atom is 0.407 e. The number of nitrogens with one attached hydrogen (secondary N) is 2. The maximum atomic E-state index is 13.1. The third-order valence-corrected chi connectivity index (χ3v) is 7.38. The minimum Gasteiger partial charge on any atom is -0.489 e. The second-order valence-electron chi connectivity index (χ2n) is 12.1. The molecule has 230 valence electrons. The van der Waals surface area contributed by atoms with Gasteiger partial charge in [0.25, 0.3) is 5.91 Å². The molecule has 9 nitrogen and oxygen atoms in total. The molecule has 1 heterocycles. The second-order valence-corrected chi connectivity index (χ2v) is 12.1. The molecule has 2 amide bonds. The van der Waals surface area contributed by atoms with Crippen LogP contribution in [-0.4, -0.2) is 23.6 Å². The topological polar surface area (TPSA) is 116 Å². The molecule has 5 rings (SSSR count). The fourth-order valence-electron chi connectivity index (χ4n) is 5.13. The normalized spacial score (nSPS) is 13.6. The van der Waals surface area contributed by atoms with Crippen molar-refractivity contribution in [3.8, 4) is 16.9 Å². The molecule has 1 fully saturated rings. The van der Waals surface area contributed by atoms with E-state index in [0.29, 0.717) is 31.6 Å². The minimum atomic E-state index is -0.795. The standard InChI is InChI=1S/C35H38N2O7/c1-5-9-30(38)44-37-32(39)35(15-16-35)28-12-6-7-13-29(28)42-22-24-19-26-14-17-41-31(26)27(20-24)25-11-8-10-23(18-25)21-36-33(40)43-34(2,3)4/h6-8,10-14,17-20H,5,9,15-16,21-22H2,1-4H3,(H,36,40)(H,37,39). The van der Waals surface area contributed by atoms with Gasteiger partial charge in [-0.1, -0.05) is 43.3 Å². The van der Waals surface area contributed by atoms with Crippen LogP contribution in [0.5, 0.6) is 5.75 Å². The number of fused-ring (bicyclic) bond motifs is 1. The molecule has 0 bridgehead atoms. The van der Waals surface area contributed by atoms with Crippen LogP contribution in [0.2, 0.25) is 0 Å². The van der Waals surface area contributed by atoms with Crippen molar-refractivity contribution >= 4 is 28.9 Å². The summed E-state index contributed by atoms with van der Waals surface area (Å²) in [5.41, 5.74) is 6.16. The first-order valence-electron chi connectivity index (χ1n) is 14.9. The molecule has 1 aliphatic carbocycles. The van der Waals surface area contributed by atoms with Gasteiger partial charge in [0, 0.05) is 29.5 Å². The van der Waals surface area contributed by atoms with Gasteiger partial charge in [-0.25, -0.2) is 9.59 Å². The number of benzene rings is 3. The van der Waals surface area contributed by atoms with Crippen LogP contribution in [0.25, 0.3) is 22.1 Å². The number of hydrogen-bond donors (Lipinski definition) is 2. The van der Waals surface area contributed by atoms with Gasteiger partial charge in [0.1, 0.15) is 23.5 Å². The molecule has 2 N–H and O–H groups in total. The van der Waals surface area contributed by atoms with E-state index in [2.05, 4.69) is 10.8 Å². The van der Waals surface area contributed by atoms with E-state index in [1.165, 1.54) is 0 Å². The average molecular weight is 599 g/mol. The Balaban J connectivity index is 1.33. The van der Waals surface area contributed by atoms with E-state index < -0.39 is 23.1 Å². The molecule has 0 spiro atoms. The SMILES string of the molecule is CCCC(=O)ONC(=O)C1(c2ccccc2OCc2cc(-c3cccc(CNC(=O)OC(C)(C)C)c3)c3occc3c2)CC1. The van der Waals surface area contributed by atoms with Gasteiger partial charge in [0.2, 0.25) is 0 Å². The van der Waals surface area contributed by atoms with E-state index in [0.717, 1.165) is 38.8 Å². The van der Waals surface area contributed by atoms with E-state index in [1.807, 2.05) is 94.4 Å². The lowest BCUT2D eigenvalue weighted by Gasteiger charge is -2.20. The predicted molar refractivity (Wildman–Crippen MR) is 166 cm³/mol. The molecule has 0 atom stereocenters. The number of furan rings is 1. The van der Waals surface area contributed by atoms with Crippen LogP contribution in [0.1, 0.15) is 70.1 Å². The van der Waals surface area contributed by atoms with Crippen LogP contribution in [0.3, 0.4) is 0 Å². The highest BCUT2D eigenvalue weighted by Crippen LogP contribution is 2.51. The Labute approximate surface area is 256 Å². The molecule has 0 radical (unpaired) electrons. The van der Waals surface area contributed by atoms with E-state index in [9.17, 15) is 14.4 Å². The minimum absolute atomic E-state index is 0.239. The molecule has 3 aromatic carbocycles. The predicted octanol–water partition coefficient (Wildman–Crippen LogP) is 7.11. The first-order chi connectivity index (χ1) is 21.1. The van der Waals surface area contributed by atoms with Crippen LogP contribution in [0, 0.1) is 0 Å². The highest BCUT2D eigenvalue weighted by atomic mass is 16.7. The molecule has 9 heteroatoms. The summed E-state index contributed by atoms with van der Waals surface area (Å²) in [5, 5.41) is 3.74. The van der Waals surface area contributed by atoms with E-state index >= 15 is 0 Å². The number of carbonyl (C=O) groups excluding carboxylic acids is 3. The van der Waals surface area contributed by atoms with Crippen LogP contribution in [-0.2, 0) is 37.7 Å². The molecular formula is C35H38N2O7. The largest absolute Gasteiger partial charge is 0.489 e. The van der Waals surface area contributed by atoms with Crippen LogP contribution >= 0.6 is 0 Å². The lowest BCUT2D eigenvalue weighted by Crippen LogP contribution is -2.36. The zero-order valence-corrected chi connectivity index (χ0v) is 25.5. The molecule has 1 aromatic heterocycles. The summed E-state index contributed by atoms with van der Waals surface area (Å²) in [6.07, 6.45) is 3.33. The quantitative estimate of drug-likeness (QED) is 0.187. The highest BCUT2D eigenvalue weighted by molar-refractivity contribution is 5.93. The Morgan fingerprint density at radius 1 is 0.955 bits per heavy atom. The molecule has 0 unspecified atom stereocenters. The summed E-state index contributed by atoms with van der Waals surface area (Å²) in [6, 6.07) is 21.3. The molecule has 0 aliphatic heterocycles. The number of amides is 2. The van der Waals surface area contributed by atoms with Gasteiger partial charge in [-0.2, -0.15) is 5.48 Å². The molecule has 1 aliphatic rings.